The van der Waals surface area contributed by atoms with Crippen molar-refractivity contribution in [2.75, 3.05) is 0 Å². The highest BCUT2D eigenvalue weighted by Gasteiger charge is 2.25. The molecule has 2 atom stereocenters. The molecule has 9 heteroatoms. The quantitative estimate of drug-likeness (QED) is 0.123. The first kappa shape index (κ1) is 27.0. The largest absolute Gasteiger partial charge is 0.519 e. The summed E-state index contributed by atoms with van der Waals surface area (Å²) in [6.45, 7) is 0. The van der Waals surface area contributed by atoms with Crippen LogP contribution >= 0.6 is 0 Å². The number of ether oxygens (including phenoxy) is 2. The molecule has 0 N–H and O–H groups in total. The summed E-state index contributed by atoms with van der Waals surface area (Å²) >= 11 is 0. The number of carbonyl (C=O) groups is 1. The Hall–Kier alpha value is -4.01. The number of benzene rings is 2. The third kappa shape index (κ3) is 7.06. The maximum atomic E-state index is 13.0. The van der Waals surface area contributed by atoms with Crippen LogP contribution in [0.4, 0.5) is 16.2 Å². The van der Waals surface area contributed by atoms with Gasteiger partial charge in [-0.05, 0) is 88.2 Å². The zero-order chi connectivity index (χ0) is 26.9. The van der Waals surface area contributed by atoms with E-state index < -0.39 is 16.0 Å². The third-order valence-electron chi connectivity index (χ3n) is 7.22. The fourth-order valence-electron chi connectivity index (χ4n) is 5.26. The molecule has 2 aromatic rings. The second kappa shape index (κ2) is 13.0. The van der Waals surface area contributed by atoms with Crippen molar-refractivity contribution in [3.05, 3.63) is 92.1 Å². The van der Waals surface area contributed by atoms with Crippen LogP contribution in [0.5, 0.6) is 11.5 Å². The average Bonchev–Trinajstić information content (AvgIpc) is 2.84. The summed E-state index contributed by atoms with van der Waals surface area (Å²) in [6.07, 6.45) is 16.1. The Kier molecular flexibility index (Phi) is 9.24. The lowest BCUT2D eigenvalue weighted by Gasteiger charge is -2.22. The molecule has 0 bridgehead atoms. The lowest BCUT2D eigenvalue weighted by molar-refractivity contribution is -0.385. The SMILES string of the molecule is O=C(Oc1ccc([N+](=O)[O-])cc1C1CC/C=C\CCC1)Oc1ccc([N+](=O)[O-])cc1C1CC/C=C\CCC1. The molecule has 2 aliphatic rings. The highest BCUT2D eigenvalue weighted by atomic mass is 16.7. The molecule has 2 aromatic carbocycles. The molecule has 0 aliphatic heterocycles. The third-order valence-corrected chi connectivity index (χ3v) is 7.22. The first-order chi connectivity index (χ1) is 18.4. The van der Waals surface area contributed by atoms with Crippen LogP contribution in [0.3, 0.4) is 0 Å². The maximum absolute atomic E-state index is 13.0. The van der Waals surface area contributed by atoms with Crippen LogP contribution in [0.15, 0.2) is 60.7 Å². The molecule has 0 radical (unpaired) electrons. The average molecular weight is 521 g/mol. The van der Waals surface area contributed by atoms with Crippen LogP contribution in [-0.2, 0) is 0 Å². The molecule has 2 aliphatic carbocycles. The molecule has 38 heavy (non-hydrogen) atoms. The molecule has 0 heterocycles. The minimum Gasteiger partial charge on any atom is -0.394 e. The number of hydrogen-bond acceptors (Lipinski definition) is 7. The fourth-order valence-corrected chi connectivity index (χ4v) is 5.26. The van der Waals surface area contributed by atoms with Gasteiger partial charge in [0.2, 0.25) is 0 Å². The van der Waals surface area contributed by atoms with Gasteiger partial charge in [-0.1, -0.05) is 24.3 Å². The van der Waals surface area contributed by atoms with Gasteiger partial charge in [0.05, 0.1) is 9.85 Å². The Morgan fingerprint density at radius 2 is 1.08 bits per heavy atom. The van der Waals surface area contributed by atoms with Crippen LogP contribution < -0.4 is 9.47 Å². The predicted molar refractivity (Wildman–Crippen MR) is 143 cm³/mol. The van der Waals surface area contributed by atoms with Crippen molar-refractivity contribution in [3.8, 4) is 11.5 Å². The van der Waals surface area contributed by atoms with Gasteiger partial charge in [-0.3, -0.25) is 20.2 Å². The fraction of sp³-hybridized carbons (Fsp3) is 0.414. The van der Waals surface area contributed by atoms with Crippen molar-refractivity contribution >= 4 is 17.5 Å². The number of nitrogens with zero attached hydrogens (tertiary/aromatic N) is 2. The molecule has 0 saturated carbocycles. The molecular formula is C29H32N2O7. The van der Waals surface area contributed by atoms with Crippen molar-refractivity contribution in [1.29, 1.82) is 0 Å². The number of rotatable bonds is 6. The summed E-state index contributed by atoms with van der Waals surface area (Å²) < 4.78 is 11.3. The van der Waals surface area contributed by atoms with E-state index in [1.54, 1.807) is 0 Å². The molecule has 200 valence electrons. The van der Waals surface area contributed by atoms with Gasteiger partial charge in [-0.25, -0.2) is 4.79 Å². The number of carbonyl (C=O) groups excluding carboxylic acids is 1. The number of allylic oxidation sites excluding steroid dienone is 4. The number of nitro benzene ring substituents is 2. The van der Waals surface area contributed by atoms with E-state index >= 15 is 0 Å². The Labute approximate surface area is 221 Å². The first-order valence-electron chi connectivity index (χ1n) is 13.2. The lowest BCUT2D eigenvalue weighted by Crippen LogP contribution is -2.17. The standard InChI is InChI=1S/C29H32N2O7/c32-29(37-27-17-15-23(30(33)34)19-25(27)21-11-7-3-1-4-8-12-21)38-28-18-16-24(31(35)36)20-26(28)22-13-9-5-2-6-10-14-22/h1-3,5,15-22H,4,6-14H2/b3-1-,5-2-. The normalized spacial score (nSPS) is 21.6. The molecule has 0 fully saturated rings. The van der Waals surface area contributed by atoms with Crippen molar-refractivity contribution in [2.24, 2.45) is 0 Å². The van der Waals surface area contributed by atoms with E-state index in [2.05, 4.69) is 24.3 Å². The monoisotopic (exact) mass is 520 g/mol. The molecule has 9 nitrogen and oxygen atoms in total. The van der Waals surface area contributed by atoms with Crippen LogP contribution in [0.2, 0.25) is 0 Å². The van der Waals surface area contributed by atoms with Gasteiger partial charge in [0.25, 0.3) is 11.4 Å². The topological polar surface area (TPSA) is 122 Å². The summed E-state index contributed by atoms with van der Waals surface area (Å²) in [5.74, 6) is 0.463. The highest BCUT2D eigenvalue weighted by Crippen LogP contribution is 2.39. The molecule has 0 saturated heterocycles. The van der Waals surface area contributed by atoms with Gasteiger partial charge >= 0.3 is 6.16 Å². The second-order valence-corrected chi connectivity index (χ2v) is 9.77. The Bertz CT molecular complexity index is 1140. The molecule has 0 aromatic heterocycles. The van der Waals surface area contributed by atoms with Crippen molar-refractivity contribution in [1.82, 2.24) is 0 Å². The Morgan fingerprint density at radius 3 is 1.50 bits per heavy atom. The van der Waals surface area contributed by atoms with E-state index in [9.17, 15) is 25.0 Å². The van der Waals surface area contributed by atoms with Gasteiger partial charge in [-0.15, -0.1) is 0 Å². The molecule has 0 amide bonds. The molecule has 2 unspecified atom stereocenters. The number of non-ortho nitro benzene ring substituents is 2. The predicted octanol–water partition coefficient (Wildman–Crippen LogP) is 8.29. The smallest absolute Gasteiger partial charge is 0.394 e. The van der Waals surface area contributed by atoms with E-state index in [1.165, 1.54) is 36.4 Å². The first-order valence-corrected chi connectivity index (χ1v) is 13.2. The van der Waals surface area contributed by atoms with E-state index in [0.717, 1.165) is 64.2 Å². The molecule has 4 rings (SSSR count). The van der Waals surface area contributed by atoms with Crippen LogP contribution in [0, 0.1) is 20.2 Å². The minimum atomic E-state index is -0.980. The number of nitro groups is 2. The van der Waals surface area contributed by atoms with Gasteiger partial charge in [0, 0.05) is 35.4 Å². The maximum Gasteiger partial charge on any atom is 0.519 e. The van der Waals surface area contributed by atoms with Crippen LogP contribution in [0.1, 0.15) is 87.2 Å². The molecular weight excluding hydrogens is 488 g/mol. The number of hydrogen-bond donors (Lipinski definition) is 0. The Morgan fingerprint density at radius 1 is 0.658 bits per heavy atom. The van der Waals surface area contributed by atoms with Crippen molar-refractivity contribution in [2.45, 2.75) is 76.0 Å². The van der Waals surface area contributed by atoms with Gasteiger partial charge in [-0.2, -0.15) is 0 Å². The second-order valence-electron chi connectivity index (χ2n) is 9.77. The highest BCUT2D eigenvalue weighted by molar-refractivity contribution is 5.69. The summed E-state index contributed by atoms with van der Waals surface area (Å²) in [6, 6.07) is 8.49. The van der Waals surface area contributed by atoms with E-state index in [0.29, 0.717) is 11.1 Å². The van der Waals surface area contributed by atoms with E-state index in [-0.39, 0.29) is 34.7 Å². The zero-order valence-corrected chi connectivity index (χ0v) is 21.3. The van der Waals surface area contributed by atoms with E-state index in [4.69, 9.17) is 9.47 Å². The van der Waals surface area contributed by atoms with Gasteiger partial charge in [0.1, 0.15) is 11.5 Å². The zero-order valence-electron chi connectivity index (χ0n) is 21.3. The summed E-state index contributed by atoms with van der Waals surface area (Å²) in [5.41, 5.74) is 1.10. The summed E-state index contributed by atoms with van der Waals surface area (Å²) in [5, 5.41) is 22.9. The van der Waals surface area contributed by atoms with Crippen molar-refractivity contribution in [3.63, 3.8) is 0 Å². The minimum absolute atomic E-state index is 0.000523. The summed E-state index contributed by atoms with van der Waals surface area (Å²) in [7, 11) is 0. The van der Waals surface area contributed by atoms with Crippen LogP contribution in [-0.4, -0.2) is 16.0 Å². The lowest BCUT2D eigenvalue weighted by atomic mass is 9.87. The van der Waals surface area contributed by atoms with E-state index in [1.807, 2.05) is 0 Å². The summed E-state index contributed by atoms with van der Waals surface area (Å²) in [4.78, 5) is 35.0. The van der Waals surface area contributed by atoms with Crippen LogP contribution in [0.25, 0.3) is 0 Å². The van der Waals surface area contributed by atoms with Gasteiger partial charge in [0.15, 0.2) is 0 Å². The molecule has 0 spiro atoms. The van der Waals surface area contributed by atoms with Gasteiger partial charge < -0.3 is 9.47 Å². The Balaban J connectivity index is 1.59. The van der Waals surface area contributed by atoms with Crippen molar-refractivity contribution < 1.29 is 24.1 Å².